The van der Waals surface area contributed by atoms with Crippen LogP contribution < -0.4 is 15.8 Å². The van der Waals surface area contributed by atoms with Gasteiger partial charge in [-0.2, -0.15) is 0 Å². The van der Waals surface area contributed by atoms with Crippen molar-refractivity contribution >= 4 is 40.7 Å². The number of allylic oxidation sites excluding steroid dienone is 2. The number of thioether (sulfide) groups is 1. The highest BCUT2D eigenvalue weighted by atomic mass is 35.5. The van der Waals surface area contributed by atoms with Gasteiger partial charge in [0.25, 0.3) is 5.56 Å². The Morgan fingerprint density at radius 3 is 2.53 bits per heavy atom. The molecule has 5 rings (SSSR count). The summed E-state index contributed by atoms with van der Waals surface area (Å²) < 4.78 is 0. The summed E-state index contributed by atoms with van der Waals surface area (Å²) in [6, 6.07) is 15.9. The van der Waals surface area contributed by atoms with Crippen molar-refractivity contribution in [3.63, 3.8) is 0 Å². The number of aromatic nitrogens is 2. The van der Waals surface area contributed by atoms with Crippen LogP contribution in [-0.2, 0) is 10.5 Å². The van der Waals surface area contributed by atoms with Crippen molar-refractivity contribution in [1.82, 2.24) is 9.97 Å². The number of rotatable bonds is 7. The van der Waals surface area contributed by atoms with E-state index in [1.807, 2.05) is 36.4 Å². The first-order valence-corrected chi connectivity index (χ1v) is 13.7. The minimum atomic E-state index is -0.407. The Morgan fingerprint density at radius 2 is 1.81 bits per heavy atom. The third kappa shape index (κ3) is 4.70. The number of anilines is 2. The molecular formula is C28H29ClN4O2S. The number of carbonyl (C=O) groups is 1. The van der Waals surface area contributed by atoms with E-state index in [0.29, 0.717) is 40.2 Å². The molecule has 2 aromatic carbocycles. The van der Waals surface area contributed by atoms with E-state index in [1.165, 1.54) is 11.8 Å². The van der Waals surface area contributed by atoms with Crippen LogP contribution in [0.15, 0.2) is 70.3 Å². The van der Waals surface area contributed by atoms with Gasteiger partial charge in [0.1, 0.15) is 11.6 Å². The number of hydrogen-bond donors (Lipinski definition) is 2. The molecule has 0 spiro atoms. The lowest BCUT2D eigenvalue weighted by molar-refractivity contribution is -0.122. The summed E-state index contributed by atoms with van der Waals surface area (Å²) in [5.74, 6) is 0.469. The van der Waals surface area contributed by atoms with Crippen LogP contribution in [0.25, 0.3) is 0 Å². The van der Waals surface area contributed by atoms with E-state index < -0.39 is 5.92 Å². The predicted octanol–water partition coefficient (Wildman–Crippen LogP) is 5.98. The fourth-order valence-electron chi connectivity index (χ4n) is 5.14. The number of Topliss-reactive ketones (excluding diaryl/α,β-unsaturated/α-hetero) is 1. The molecule has 2 aliphatic rings. The molecule has 1 aliphatic heterocycles. The van der Waals surface area contributed by atoms with Gasteiger partial charge in [-0.25, -0.2) is 4.98 Å². The first-order chi connectivity index (χ1) is 17.5. The maximum atomic E-state index is 13.5. The number of carbonyl (C=O) groups excluding carboxylic acids is 1. The Bertz CT molecular complexity index is 1360. The molecule has 2 unspecified atom stereocenters. The summed E-state index contributed by atoms with van der Waals surface area (Å²) in [7, 11) is 0. The average molecular weight is 521 g/mol. The molecule has 3 aromatic rings. The van der Waals surface area contributed by atoms with Crippen molar-refractivity contribution in [2.24, 2.45) is 5.92 Å². The van der Waals surface area contributed by atoms with Gasteiger partial charge in [0.05, 0.1) is 11.5 Å². The third-order valence-corrected chi connectivity index (χ3v) is 8.27. The van der Waals surface area contributed by atoms with E-state index in [4.69, 9.17) is 16.6 Å². The number of benzene rings is 2. The largest absolute Gasteiger partial charge is 0.372 e. The summed E-state index contributed by atoms with van der Waals surface area (Å²) in [6.45, 7) is 6.09. The van der Waals surface area contributed by atoms with Gasteiger partial charge in [-0.1, -0.05) is 59.8 Å². The Kier molecular flexibility index (Phi) is 7.21. The zero-order valence-electron chi connectivity index (χ0n) is 20.4. The molecule has 2 atom stereocenters. The van der Waals surface area contributed by atoms with Gasteiger partial charge >= 0.3 is 0 Å². The minimum absolute atomic E-state index is 0.153. The van der Waals surface area contributed by atoms with E-state index >= 15 is 0 Å². The maximum absolute atomic E-state index is 13.5. The minimum Gasteiger partial charge on any atom is -0.372 e. The zero-order valence-corrected chi connectivity index (χ0v) is 22.0. The highest BCUT2D eigenvalue weighted by Gasteiger charge is 2.42. The van der Waals surface area contributed by atoms with Crippen molar-refractivity contribution in [3.8, 4) is 0 Å². The van der Waals surface area contributed by atoms with Crippen LogP contribution >= 0.6 is 23.4 Å². The first kappa shape index (κ1) is 24.7. The lowest BCUT2D eigenvalue weighted by atomic mass is 9.72. The summed E-state index contributed by atoms with van der Waals surface area (Å²) in [6.07, 6.45) is 3.25. The van der Waals surface area contributed by atoms with E-state index in [2.05, 4.69) is 47.3 Å². The topological polar surface area (TPSA) is 78.1 Å². The molecule has 0 fully saturated rings. The quantitative estimate of drug-likeness (QED) is 0.294. The molecule has 0 saturated heterocycles. The number of ketones is 1. The van der Waals surface area contributed by atoms with Gasteiger partial charge in [0, 0.05) is 47.6 Å². The second-order valence-electron chi connectivity index (χ2n) is 9.02. The van der Waals surface area contributed by atoms with Crippen LogP contribution in [0.2, 0.25) is 5.02 Å². The van der Waals surface area contributed by atoms with Crippen LogP contribution in [-0.4, -0.2) is 28.8 Å². The molecule has 0 amide bonds. The van der Waals surface area contributed by atoms with Gasteiger partial charge in [0.15, 0.2) is 5.16 Å². The zero-order chi connectivity index (χ0) is 25.2. The van der Waals surface area contributed by atoms with Crippen LogP contribution in [0.5, 0.6) is 0 Å². The Labute approximate surface area is 220 Å². The van der Waals surface area contributed by atoms with E-state index in [0.717, 1.165) is 35.6 Å². The van der Waals surface area contributed by atoms with Crippen molar-refractivity contribution in [3.05, 3.63) is 92.4 Å². The Balaban J connectivity index is 1.53. The molecule has 0 radical (unpaired) electrons. The van der Waals surface area contributed by atoms with Crippen LogP contribution in [0.1, 0.15) is 49.3 Å². The Hall–Kier alpha value is -3.03. The lowest BCUT2D eigenvalue weighted by Gasteiger charge is -2.36. The molecule has 0 bridgehead atoms. The van der Waals surface area contributed by atoms with Gasteiger partial charge < -0.3 is 15.2 Å². The predicted molar refractivity (Wildman–Crippen MR) is 147 cm³/mol. The summed E-state index contributed by atoms with van der Waals surface area (Å²) in [5, 5.41) is 4.53. The number of halogens is 1. The summed E-state index contributed by atoms with van der Waals surface area (Å²) in [4.78, 5) is 36.6. The second-order valence-corrected chi connectivity index (χ2v) is 10.4. The molecule has 2 N–H and O–H groups in total. The molecule has 186 valence electrons. The van der Waals surface area contributed by atoms with Crippen molar-refractivity contribution in [2.75, 3.05) is 23.3 Å². The van der Waals surface area contributed by atoms with Gasteiger partial charge in [-0.15, -0.1) is 0 Å². The molecule has 8 heteroatoms. The highest BCUT2D eigenvalue weighted by Crippen LogP contribution is 2.45. The number of hydrogen-bond acceptors (Lipinski definition) is 6. The number of nitrogens with zero attached hydrogens (tertiary/aromatic N) is 2. The molecule has 36 heavy (non-hydrogen) atoms. The fourth-order valence-corrected chi connectivity index (χ4v) is 6.29. The van der Waals surface area contributed by atoms with Gasteiger partial charge in [-0.05, 0) is 49.6 Å². The fraction of sp³-hybridized carbons (Fsp3) is 0.321. The number of nitrogens with one attached hydrogen (secondary N) is 2. The van der Waals surface area contributed by atoms with Crippen LogP contribution in [0.4, 0.5) is 11.5 Å². The second kappa shape index (κ2) is 10.5. The third-order valence-electron chi connectivity index (χ3n) is 6.98. The number of H-pyrrole nitrogens is 1. The van der Waals surface area contributed by atoms with Crippen LogP contribution in [0, 0.1) is 5.92 Å². The molecule has 2 heterocycles. The van der Waals surface area contributed by atoms with Crippen LogP contribution in [0.3, 0.4) is 0 Å². The monoisotopic (exact) mass is 520 g/mol. The smallest absolute Gasteiger partial charge is 0.257 e. The molecule has 6 nitrogen and oxygen atoms in total. The lowest BCUT2D eigenvalue weighted by Crippen LogP contribution is -2.38. The normalized spacial score (nSPS) is 18.6. The number of aromatic amines is 1. The number of fused-ring (bicyclic) bond motifs is 2. The molecule has 1 aromatic heterocycles. The van der Waals surface area contributed by atoms with E-state index in [9.17, 15) is 9.59 Å². The maximum Gasteiger partial charge on any atom is 0.257 e. The SMILES string of the molecule is CCN(CC)c1ccc(C2c3c(nc(SCc4ccccc4Cl)[nH]c3=O)NC3=CCCC(=O)C32)cc1. The van der Waals surface area contributed by atoms with E-state index in [-0.39, 0.29) is 17.3 Å². The standard InChI is InChI=1S/C28H29ClN4O2S/c1-3-33(4-2)19-14-12-17(13-15-19)23-24-21(10-7-11-22(24)34)30-26-25(23)27(35)32-28(31-26)36-16-18-8-5-6-9-20(18)29/h5-6,8-10,12-15,23-24H,3-4,7,11,16H2,1-2H3,(H2,30,31,32,35). The van der Waals surface area contributed by atoms with Gasteiger partial charge in [0.2, 0.25) is 0 Å². The highest BCUT2D eigenvalue weighted by molar-refractivity contribution is 7.98. The summed E-state index contributed by atoms with van der Waals surface area (Å²) in [5.41, 5.74) is 4.20. The van der Waals surface area contributed by atoms with Crippen molar-refractivity contribution < 1.29 is 4.79 Å². The molecule has 1 aliphatic carbocycles. The average Bonchev–Trinajstić information content (AvgIpc) is 2.88. The van der Waals surface area contributed by atoms with Crippen molar-refractivity contribution in [2.45, 2.75) is 43.5 Å². The Morgan fingerprint density at radius 1 is 1.06 bits per heavy atom. The molecule has 0 saturated carbocycles. The summed E-state index contributed by atoms with van der Waals surface area (Å²) >= 11 is 7.73. The molecular weight excluding hydrogens is 492 g/mol. The van der Waals surface area contributed by atoms with Crippen molar-refractivity contribution in [1.29, 1.82) is 0 Å². The van der Waals surface area contributed by atoms with Gasteiger partial charge in [-0.3, -0.25) is 9.59 Å². The first-order valence-electron chi connectivity index (χ1n) is 12.3. The van der Waals surface area contributed by atoms with E-state index in [1.54, 1.807) is 0 Å².